The molecule has 5 nitrogen and oxygen atoms in total. The molecule has 2 aromatic rings. The predicted molar refractivity (Wildman–Crippen MR) is 71.6 cm³/mol. The van der Waals surface area contributed by atoms with Crippen molar-refractivity contribution in [2.24, 2.45) is 0 Å². The second kappa shape index (κ2) is 4.66. The zero-order chi connectivity index (χ0) is 13.4. The van der Waals surface area contributed by atoms with Gasteiger partial charge in [-0.3, -0.25) is 0 Å². The van der Waals surface area contributed by atoms with E-state index in [-0.39, 0.29) is 0 Å². The summed E-state index contributed by atoms with van der Waals surface area (Å²) in [5, 5.41) is 9.19. The minimum Gasteiger partial charge on any atom is -0.478 e. The van der Waals surface area contributed by atoms with Gasteiger partial charge in [-0.25, -0.2) is 9.78 Å². The van der Waals surface area contributed by atoms with E-state index < -0.39 is 5.97 Å². The van der Waals surface area contributed by atoms with Gasteiger partial charge in [-0.1, -0.05) is 0 Å². The number of carbonyl (C=O) groups is 1. The Hall–Kier alpha value is -1.88. The van der Waals surface area contributed by atoms with Gasteiger partial charge in [0.15, 0.2) is 0 Å². The third-order valence-corrected chi connectivity index (χ3v) is 3.91. The van der Waals surface area contributed by atoms with Crippen LogP contribution in [0.15, 0.2) is 24.5 Å². The van der Waals surface area contributed by atoms with Gasteiger partial charge in [0.2, 0.25) is 0 Å². The second-order valence-electron chi connectivity index (χ2n) is 5.18. The van der Waals surface area contributed by atoms with Gasteiger partial charge in [-0.05, 0) is 45.1 Å². The third-order valence-electron chi connectivity index (χ3n) is 3.91. The van der Waals surface area contributed by atoms with Crippen molar-refractivity contribution in [2.45, 2.75) is 18.8 Å². The van der Waals surface area contributed by atoms with E-state index in [0.29, 0.717) is 17.0 Å². The van der Waals surface area contributed by atoms with E-state index in [9.17, 15) is 9.90 Å². The summed E-state index contributed by atoms with van der Waals surface area (Å²) in [6.45, 7) is 2.14. The molecular weight excluding hydrogens is 242 g/mol. The molecule has 3 heterocycles. The Bertz CT molecular complexity index is 612. The number of pyridine rings is 1. The highest BCUT2D eigenvalue weighted by molar-refractivity contribution is 5.95. The van der Waals surface area contributed by atoms with E-state index in [1.807, 2.05) is 10.6 Å². The average Bonchev–Trinajstić information content (AvgIpc) is 2.83. The maximum absolute atomic E-state index is 11.2. The molecule has 0 spiro atoms. The topological polar surface area (TPSA) is 57.8 Å². The third kappa shape index (κ3) is 2.10. The lowest BCUT2D eigenvalue weighted by Gasteiger charge is -2.28. The standard InChI is InChI=1S/C14H17N3O2/c1-16-7-4-10(5-8-16)13-15-9-12-11(14(18)19)3-2-6-17(12)13/h2-3,6,9-10H,4-5,7-8H2,1H3,(H,18,19). The molecule has 2 aromatic heterocycles. The summed E-state index contributed by atoms with van der Waals surface area (Å²) in [4.78, 5) is 18.0. The number of imidazole rings is 1. The van der Waals surface area contributed by atoms with Crippen LogP contribution in [0.3, 0.4) is 0 Å². The van der Waals surface area contributed by atoms with E-state index >= 15 is 0 Å². The quantitative estimate of drug-likeness (QED) is 0.894. The molecule has 1 saturated heterocycles. The lowest BCUT2D eigenvalue weighted by molar-refractivity contribution is 0.0698. The highest BCUT2D eigenvalue weighted by atomic mass is 16.4. The van der Waals surface area contributed by atoms with Crippen molar-refractivity contribution in [1.29, 1.82) is 0 Å². The van der Waals surface area contributed by atoms with Crippen molar-refractivity contribution in [3.05, 3.63) is 35.9 Å². The molecule has 5 heteroatoms. The van der Waals surface area contributed by atoms with E-state index in [1.54, 1.807) is 18.3 Å². The molecule has 0 radical (unpaired) electrons. The lowest BCUT2D eigenvalue weighted by atomic mass is 9.96. The molecule has 0 aromatic carbocycles. The number of aromatic carboxylic acids is 1. The summed E-state index contributed by atoms with van der Waals surface area (Å²) in [5.41, 5.74) is 0.998. The van der Waals surface area contributed by atoms with E-state index in [0.717, 1.165) is 31.8 Å². The number of fused-ring (bicyclic) bond motifs is 1. The van der Waals surface area contributed by atoms with Gasteiger partial charge in [-0.2, -0.15) is 0 Å². The first-order chi connectivity index (χ1) is 9.16. The second-order valence-corrected chi connectivity index (χ2v) is 5.18. The molecule has 0 amide bonds. The number of hydrogen-bond donors (Lipinski definition) is 1. The van der Waals surface area contributed by atoms with Crippen molar-refractivity contribution < 1.29 is 9.90 Å². The number of carboxylic acids is 1. The highest BCUT2D eigenvalue weighted by Gasteiger charge is 2.23. The summed E-state index contributed by atoms with van der Waals surface area (Å²) >= 11 is 0. The molecule has 0 unspecified atom stereocenters. The molecule has 3 rings (SSSR count). The Morgan fingerprint density at radius 3 is 2.84 bits per heavy atom. The Balaban J connectivity index is 2.01. The molecule has 1 aliphatic rings. The first kappa shape index (κ1) is 12.2. The van der Waals surface area contributed by atoms with Crippen LogP contribution in [0.4, 0.5) is 0 Å². The van der Waals surface area contributed by atoms with Gasteiger partial charge in [0.1, 0.15) is 5.82 Å². The van der Waals surface area contributed by atoms with Gasteiger partial charge in [-0.15, -0.1) is 0 Å². The van der Waals surface area contributed by atoms with E-state index in [4.69, 9.17) is 0 Å². The average molecular weight is 259 g/mol. The van der Waals surface area contributed by atoms with Crippen molar-refractivity contribution in [1.82, 2.24) is 14.3 Å². The Morgan fingerprint density at radius 1 is 1.42 bits per heavy atom. The van der Waals surface area contributed by atoms with Crippen LogP contribution < -0.4 is 0 Å². The zero-order valence-corrected chi connectivity index (χ0v) is 10.9. The highest BCUT2D eigenvalue weighted by Crippen LogP contribution is 2.27. The number of likely N-dealkylation sites (tertiary alicyclic amines) is 1. The van der Waals surface area contributed by atoms with Crippen molar-refractivity contribution in [3.8, 4) is 0 Å². The van der Waals surface area contributed by atoms with Crippen molar-refractivity contribution >= 4 is 11.5 Å². The lowest BCUT2D eigenvalue weighted by Crippen LogP contribution is -2.29. The van der Waals surface area contributed by atoms with Crippen LogP contribution >= 0.6 is 0 Å². The molecule has 0 aliphatic carbocycles. The molecule has 1 fully saturated rings. The minimum atomic E-state index is -0.902. The van der Waals surface area contributed by atoms with Crippen molar-refractivity contribution in [3.63, 3.8) is 0 Å². The zero-order valence-electron chi connectivity index (χ0n) is 10.9. The molecule has 1 N–H and O–H groups in total. The van der Waals surface area contributed by atoms with E-state index in [2.05, 4.69) is 16.9 Å². The van der Waals surface area contributed by atoms with Gasteiger partial charge >= 0.3 is 5.97 Å². The van der Waals surface area contributed by atoms with Gasteiger partial charge in [0, 0.05) is 12.1 Å². The minimum absolute atomic E-state index is 0.314. The SMILES string of the molecule is CN1CCC(c2ncc3c(C(=O)O)cccn23)CC1. The Labute approximate surface area is 111 Å². The maximum atomic E-state index is 11.2. The van der Waals surface area contributed by atoms with Crippen molar-refractivity contribution in [2.75, 3.05) is 20.1 Å². The van der Waals surface area contributed by atoms with Crippen LogP contribution in [0.1, 0.15) is 34.9 Å². The van der Waals surface area contributed by atoms with Crippen LogP contribution in [-0.2, 0) is 0 Å². The fourth-order valence-corrected chi connectivity index (χ4v) is 2.79. The first-order valence-corrected chi connectivity index (χ1v) is 6.54. The largest absolute Gasteiger partial charge is 0.478 e. The van der Waals surface area contributed by atoms with Gasteiger partial charge < -0.3 is 14.4 Å². The molecule has 0 bridgehead atoms. The van der Waals surface area contributed by atoms with Crippen LogP contribution in [0.5, 0.6) is 0 Å². The molecule has 100 valence electrons. The number of nitrogens with zero attached hydrogens (tertiary/aromatic N) is 3. The molecule has 0 saturated carbocycles. The maximum Gasteiger partial charge on any atom is 0.337 e. The fourth-order valence-electron chi connectivity index (χ4n) is 2.79. The fraction of sp³-hybridized carbons (Fsp3) is 0.429. The smallest absolute Gasteiger partial charge is 0.337 e. The first-order valence-electron chi connectivity index (χ1n) is 6.54. The molecular formula is C14H17N3O2. The normalized spacial score (nSPS) is 17.9. The Kier molecular flexibility index (Phi) is 2.98. The summed E-state index contributed by atoms with van der Waals surface area (Å²) < 4.78 is 1.93. The van der Waals surface area contributed by atoms with Crippen LogP contribution in [0, 0.1) is 0 Å². The predicted octanol–water partition coefficient (Wildman–Crippen LogP) is 1.84. The summed E-state index contributed by atoms with van der Waals surface area (Å²) in [6.07, 6.45) is 5.74. The summed E-state index contributed by atoms with van der Waals surface area (Å²) in [7, 11) is 2.13. The van der Waals surface area contributed by atoms with Crippen LogP contribution in [0.2, 0.25) is 0 Å². The van der Waals surface area contributed by atoms with Crippen LogP contribution in [-0.4, -0.2) is 45.5 Å². The number of piperidine rings is 1. The Morgan fingerprint density at radius 2 is 2.16 bits per heavy atom. The summed E-state index contributed by atoms with van der Waals surface area (Å²) in [6, 6.07) is 3.40. The number of carboxylic acid groups (broad SMARTS) is 1. The molecule has 0 atom stereocenters. The van der Waals surface area contributed by atoms with E-state index in [1.165, 1.54) is 0 Å². The number of aromatic nitrogens is 2. The van der Waals surface area contributed by atoms with Gasteiger partial charge in [0.25, 0.3) is 0 Å². The molecule has 1 aliphatic heterocycles. The number of hydrogen-bond acceptors (Lipinski definition) is 3. The summed E-state index contributed by atoms with van der Waals surface area (Å²) in [5.74, 6) is 0.509. The molecule has 19 heavy (non-hydrogen) atoms. The monoisotopic (exact) mass is 259 g/mol. The van der Waals surface area contributed by atoms with Gasteiger partial charge in [0.05, 0.1) is 17.3 Å². The van der Waals surface area contributed by atoms with Crippen LogP contribution in [0.25, 0.3) is 5.52 Å². The number of rotatable bonds is 2.